The molecule has 92 valence electrons. The summed E-state index contributed by atoms with van der Waals surface area (Å²) >= 11 is 0. The second-order valence-electron chi connectivity index (χ2n) is 4.32. The highest BCUT2D eigenvalue weighted by molar-refractivity contribution is 5.55. The zero-order valence-electron chi connectivity index (χ0n) is 10.9. The predicted octanol–water partition coefficient (Wildman–Crippen LogP) is 4.64. The SMILES string of the molecule is [C-]#[N+]c1ccc(N(CCCC)CCCC)cc1. The number of benzene rings is 1. The van der Waals surface area contributed by atoms with Crippen molar-refractivity contribution in [3.05, 3.63) is 35.7 Å². The fourth-order valence-corrected chi connectivity index (χ4v) is 1.81. The number of nitrogens with zero attached hydrogens (tertiary/aromatic N) is 2. The first-order valence-electron chi connectivity index (χ1n) is 6.54. The minimum Gasteiger partial charge on any atom is -0.372 e. The molecule has 0 saturated heterocycles. The molecule has 1 aromatic rings. The van der Waals surface area contributed by atoms with Gasteiger partial charge < -0.3 is 4.90 Å². The van der Waals surface area contributed by atoms with E-state index in [1.54, 1.807) is 0 Å². The number of hydrogen-bond donors (Lipinski definition) is 0. The van der Waals surface area contributed by atoms with Gasteiger partial charge in [0, 0.05) is 18.8 Å². The molecule has 1 rings (SSSR count). The van der Waals surface area contributed by atoms with Crippen LogP contribution in [-0.4, -0.2) is 13.1 Å². The van der Waals surface area contributed by atoms with Gasteiger partial charge in [0.05, 0.1) is 6.57 Å². The largest absolute Gasteiger partial charge is 0.372 e. The van der Waals surface area contributed by atoms with E-state index in [0.29, 0.717) is 0 Å². The minimum absolute atomic E-state index is 0.722. The first kappa shape index (κ1) is 13.6. The summed E-state index contributed by atoms with van der Waals surface area (Å²) in [4.78, 5) is 5.86. The summed E-state index contributed by atoms with van der Waals surface area (Å²) in [7, 11) is 0. The molecule has 0 amide bonds. The second kappa shape index (κ2) is 7.73. The lowest BCUT2D eigenvalue weighted by Crippen LogP contribution is -2.25. The van der Waals surface area contributed by atoms with Crippen LogP contribution in [0.25, 0.3) is 4.85 Å². The molecular weight excluding hydrogens is 208 g/mol. The summed E-state index contributed by atoms with van der Waals surface area (Å²) < 4.78 is 0. The number of anilines is 1. The second-order valence-corrected chi connectivity index (χ2v) is 4.32. The van der Waals surface area contributed by atoms with E-state index in [4.69, 9.17) is 6.57 Å². The molecular formula is C15H22N2. The molecule has 2 heteroatoms. The van der Waals surface area contributed by atoms with Crippen molar-refractivity contribution in [2.24, 2.45) is 0 Å². The first-order chi connectivity index (χ1) is 8.31. The van der Waals surface area contributed by atoms with Crippen LogP contribution in [-0.2, 0) is 0 Å². The number of rotatable bonds is 7. The van der Waals surface area contributed by atoms with Gasteiger partial charge in [-0.2, -0.15) is 0 Å². The first-order valence-corrected chi connectivity index (χ1v) is 6.54. The number of hydrogen-bond acceptors (Lipinski definition) is 1. The topological polar surface area (TPSA) is 7.60 Å². The van der Waals surface area contributed by atoms with E-state index in [-0.39, 0.29) is 0 Å². The van der Waals surface area contributed by atoms with Gasteiger partial charge in [0.1, 0.15) is 0 Å². The third kappa shape index (κ3) is 4.48. The molecule has 0 fully saturated rings. The van der Waals surface area contributed by atoms with Crippen molar-refractivity contribution in [3.8, 4) is 0 Å². The third-order valence-electron chi connectivity index (χ3n) is 2.91. The molecule has 0 heterocycles. The van der Waals surface area contributed by atoms with E-state index in [1.807, 2.05) is 12.1 Å². The van der Waals surface area contributed by atoms with Crippen LogP contribution in [0.2, 0.25) is 0 Å². The Bertz CT molecular complexity index is 340. The van der Waals surface area contributed by atoms with Gasteiger partial charge in [-0.3, -0.25) is 0 Å². The van der Waals surface area contributed by atoms with Crippen LogP contribution in [0.5, 0.6) is 0 Å². The molecule has 1 aromatic carbocycles. The van der Waals surface area contributed by atoms with E-state index in [9.17, 15) is 0 Å². The molecule has 0 aromatic heterocycles. The fraction of sp³-hybridized carbons (Fsp3) is 0.533. The molecule has 0 radical (unpaired) electrons. The smallest absolute Gasteiger partial charge is 0.187 e. The van der Waals surface area contributed by atoms with Crippen LogP contribution >= 0.6 is 0 Å². The molecule has 17 heavy (non-hydrogen) atoms. The van der Waals surface area contributed by atoms with E-state index < -0.39 is 0 Å². The van der Waals surface area contributed by atoms with E-state index in [1.165, 1.54) is 31.4 Å². The van der Waals surface area contributed by atoms with Crippen LogP contribution in [0, 0.1) is 6.57 Å². The van der Waals surface area contributed by atoms with Gasteiger partial charge in [-0.25, -0.2) is 4.85 Å². The van der Waals surface area contributed by atoms with E-state index in [0.717, 1.165) is 18.8 Å². The maximum Gasteiger partial charge on any atom is 0.187 e. The summed E-state index contributed by atoms with van der Waals surface area (Å²) in [6, 6.07) is 7.96. The third-order valence-corrected chi connectivity index (χ3v) is 2.91. The molecule has 0 atom stereocenters. The van der Waals surface area contributed by atoms with E-state index >= 15 is 0 Å². The van der Waals surface area contributed by atoms with Crippen molar-refractivity contribution in [1.29, 1.82) is 0 Å². The average Bonchev–Trinajstić information content (AvgIpc) is 2.39. The van der Waals surface area contributed by atoms with Crippen LogP contribution in [0.1, 0.15) is 39.5 Å². The van der Waals surface area contributed by atoms with Crippen molar-refractivity contribution >= 4 is 11.4 Å². The van der Waals surface area contributed by atoms with Crippen molar-refractivity contribution in [1.82, 2.24) is 0 Å². The van der Waals surface area contributed by atoms with Gasteiger partial charge in [0.15, 0.2) is 5.69 Å². The Labute approximate surface area is 105 Å². The lowest BCUT2D eigenvalue weighted by molar-refractivity contribution is 0.678. The molecule has 0 saturated carbocycles. The lowest BCUT2D eigenvalue weighted by atomic mass is 10.2. The van der Waals surface area contributed by atoms with Gasteiger partial charge in [0.25, 0.3) is 0 Å². The Morgan fingerprint density at radius 2 is 1.53 bits per heavy atom. The van der Waals surface area contributed by atoms with Gasteiger partial charge in [-0.05, 0) is 25.0 Å². The van der Waals surface area contributed by atoms with Crippen LogP contribution in [0.3, 0.4) is 0 Å². The van der Waals surface area contributed by atoms with Crippen LogP contribution < -0.4 is 4.90 Å². The zero-order valence-corrected chi connectivity index (χ0v) is 10.9. The standard InChI is InChI=1S/C15H22N2/c1-4-6-12-17(13-7-5-2)15-10-8-14(16-3)9-11-15/h8-11H,4-7,12-13H2,1-2H3. The van der Waals surface area contributed by atoms with Crippen molar-refractivity contribution in [2.75, 3.05) is 18.0 Å². The molecule has 0 aliphatic heterocycles. The van der Waals surface area contributed by atoms with Gasteiger partial charge >= 0.3 is 0 Å². The Hall–Kier alpha value is -1.49. The average molecular weight is 230 g/mol. The summed E-state index contributed by atoms with van der Waals surface area (Å²) in [6.45, 7) is 13.6. The summed E-state index contributed by atoms with van der Waals surface area (Å²) in [5.41, 5.74) is 1.97. The van der Waals surface area contributed by atoms with E-state index in [2.05, 4.69) is 35.7 Å². The maximum absolute atomic E-state index is 6.95. The Kier molecular flexibility index (Phi) is 6.17. The summed E-state index contributed by atoms with van der Waals surface area (Å²) in [5, 5.41) is 0. The quantitative estimate of drug-likeness (QED) is 0.619. The van der Waals surface area contributed by atoms with Crippen molar-refractivity contribution in [3.63, 3.8) is 0 Å². The lowest BCUT2D eigenvalue weighted by Gasteiger charge is -2.24. The minimum atomic E-state index is 0.722. The Balaban J connectivity index is 2.69. The molecule has 0 aliphatic rings. The van der Waals surface area contributed by atoms with Crippen LogP contribution in [0.15, 0.2) is 24.3 Å². The van der Waals surface area contributed by atoms with Crippen LogP contribution in [0.4, 0.5) is 11.4 Å². The Morgan fingerprint density at radius 3 is 1.94 bits per heavy atom. The van der Waals surface area contributed by atoms with Crippen molar-refractivity contribution in [2.45, 2.75) is 39.5 Å². The molecule has 0 unspecified atom stereocenters. The van der Waals surface area contributed by atoms with Gasteiger partial charge in [-0.1, -0.05) is 38.8 Å². The maximum atomic E-state index is 6.95. The molecule has 2 nitrogen and oxygen atoms in total. The molecule has 0 N–H and O–H groups in total. The summed E-state index contributed by atoms with van der Waals surface area (Å²) in [6.07, 6.45) is 4.91. The highest BCUT2D eigenvalue weighted by atomic mass is 15.1. The highest BCUT2D eigenvalue weighted by Gasteiger charge is 2.05. The normalized spacial score (nSPS) is 9.94. The zero-order chi connectivity index (χ0) is 12.5. The highest BCUT2D eigenvalue weighted by Crippen LogP contribution is 2.20. The molecule has 0 spiro atoms. The fourth-order valence-electron chi connectivity index (χ4n) is 1.81. The monoisotopic (exact) mass is 230 g/mol. The van der Waals surface area contributed by atoms with Crippen molar-refractivity contribution < 1.29 is 0 Å². The summed E-state index contributed by atoms with van der Waals surface area (Å²) in [5.74, 6) is 0. The number of unbranched alkanes of at least 4 members (excludes halogenated alkanes) is 2. The molecule has 0 bridgehead atoms. The van der Waals surface area contributed by atoms with Gasteiger partial charge in [0.2, 0.25) is 0 Å². The predicted molar refractivity (Wildman–Crippen MR) is 74.7 cm³/mol. The molecule has 0 aliphatic carbocycles. The van der Waals surface area contributed by atoms with Gasteiger partial charge in [-0.15, -0.1) is 0 Å². The Morgan fingerprint density at radius 1 is 1.00 bits per heavy atom.